The number of aliphatic hydroxyl groups excluding tert-OH is 1. The number of halogens is 3. The lowest BCUT2D eigenvalue weighted by Crippen LogP contribution is -2.12. The molecule has 0 bridgehead atoms. The van der Waals surface area contributed by atoms with Crippen LogP contribution in [0.4, 0.5) is 13.2 Å². The Balaban J connectivity index is 2.01. The van der Waals surface area contributed by atoms with Gasteiger partial charge in [0.2, 0.25) is 0 Å². The fourth-order valence-corrected chi connectivity index (χ4v) is 2.93. The summed E-state index contributed by atoms with van der Waals surface area (Å²) in [5.41, 5.74) is 2.01. The van der Waals surface area contributed by atoms with Gasteiger partial charge in [-0.15, -0.1) is 0 Å². The number of aryl methyl sites for hydroxylation is 2. The largest absolute Gasteiger partial charge is 0.416 e. The van der Waals surface area contributed by atoms with Gasteiger partial charge < -0.3 is 5.11 Å². The summed E-state index contributed by atoms with van der Waals surface area (Å²) in [4.78, 5) is 0. The molecule has 0 radical (unpaired) electrons. The van der Waals surface area contributed by atoms with Crippen molar-refractivity contribution in [2.24, 2.45) is 0 Å². The highest BCUT2D eigenvalue weighted by molar-refractivity contribution is 5.42. The molecule has 2 aromatic rings. The van der Waals surface area contributed by atoms with Gasteiger partial charge in [-0.1, -0.05) is 36.4 Å². The van der Waals surface area contributed by atoms with Gasteiger partial charge >= 0.3 is 6.18 Å². The average molecular weight is 292 g/mol. The van der Waals surface area contributed by atoms with Crippen LogP contribution in [0.5, 0.6) is 0 Å². The molecule has 0 heterocycles. The van der Waals surface area contributed by atoms with Crippen molar-refractivity contribution in [2.45, 2.75) is 31.5 Å². The van der Waals surface area contributed by atoms with Crippen LogP contribution >= 0.6 is 0 Å². The molecule has 1 aliphatic rings. The first kappa shape index (κ1) is 14.1. The quantitative estimate of drug-likeness (QED) is 0.876. The lowest BCUT2D eigenvalue weighted by Gasteiger charge is -2.18. The molecule has 2 aromatic carbocycles. The molecule has 4 heteroatoms. The molecule has 1 N–H and O–H groups in total. The molecule has 110 valence electrons. The SMILES string of the molecule is OC(c1ccc2c(c1)CCC2)c1ccccc1C(F)(F)F. The van der Waals surface area contributed by atoms with Gasteiger partial charge in [0.25, 0.3) is 0 Å². The van der Waals surface area contributed by atoms with Crippen molar-refractivity contribution < 1.29 is 18.3 Å². The van der Waals surface area contributed by atoms with Crippen LogP contribution in [-0.2, 0) is 19.0 Å². The van der Waals surface area contributed by atoms with E-state index in [4.69, 9.17) is 0 Å². The summed E-state index contributed by atoms with van der Waals surface area (Å²) in [6.07, 6.45) is -2.72. The van der Waals surface area contributed by atoms with Crippen LogP contribution < -0.4 is 0 Å². The summed E-state index contributed by atoms with van der Waals surface area (Å²) in [6.45, 7) is 0. The predicted molar refractivity (Wildman–Crippen MR) is 74.0 cm³/mol. The first-order valence-corrected chi connectivity index (χ1v) is 6.92. The van der Waals surface area contributed by atoms with Gasteiger partial charge in [-0.05, 0) is 47.6 Å². The zero-order valence-corrected chi connectivity index (χ0v) is 11.3. The number of fused-ring (bicyclic) bond motifs is 1. The Bertz CT molecular complexity index is 661. The maximum Gasteiger partial charge on any atom is 0.416 e. The highest BCUT2D eigenvalue weighted by Gasteiger charge is 2.35. The highest BCUT2D eigenvalue weighted by atomic mass is 19.4. The molecule has 0 saturated heterocycles. The van der Waals surface area contributed by atoms with E-state index in [1.807, 2.05) is 12.1 Å². The summed E-state index contributed by atoms with van der Waals surface area (Å²) >= 11 is 0. The third-order valence-corrected chi connectivity index (χ3v) is 4.00. The highest BCUT2D eigenvalue weighted by Crippen LogP contribution is 2.37. The molecule has 0 spiro atoms. The molecule has 0 amide bonds. The molecule has 21 heavy (non-hydrogen) atoms. The molecule has 1 atom stereocenters. The summed E-state index contributed by atoms with van der Waals surface area (Å²) in [5, 5.41) is 10.4. The van der Waals surface area contributed by atoms with Crippen molar-refractivity contribution in [3.8, 4) is 0 Å². The monoisotopic (exact) mass is 292 g/mol. The molecule has 0 aromatic heterocycles. The molecule has 1 unspecified atom stereocenters. The second kappa shape index (κ2) is 5.19. The third-order valence-electron chi connectivity index (χ3n) is 4.00. The zero-order chi connectivity index (χ0) is 15.0. The van der Waals surface area contributed by atoms with E-state index in [1.54, 1.807) is 6.07 Å². The molecule has 0 saturated carbocycles. The van der Waals surface area contributed by atoms with Gasteiger partial charge in [0.1, 0.15) is 6.10 Å². The van der Waals surface area contributed by atoms with Crippen molar-refractivity contribution in [1.29, 1.82) is 0 Å². The van der Waals surface area contributed by atoms with Crippen molar-refractivity contribution in [3.63, 3.8) is 0 Å². The third kappa shape index (κ3) is 2.68. The summed E-state index contributed by atoms with van der Waals surface area (Å²) in [6, 6.07) is 10.7. The van der Waals surface area contributed by atoms with Gasteiger partial charge in [0.15, 0.2) is 0 Å². The fraction of sp³-hybridized carbons (Fsp3) is 0.294. The van der Waals surface area contributed by atoms with Crippen molar-refractivity contribution in [3.05, 3.63) is 70.3 Å². The molecule has 3 rings (SSSR count). The lowest BCUT2D eigenvalue weighted by atomic mass is 9.94. The topological polar surface area (TPSA) is 20.2 Å². The minimum Gasteiger partial charge on any atom is -0.384 e. The molecule has 0 fully saturated rings. The van der Waals surface area contributed by atoms with Crippen LogP contribution in [0, 0.1) is 0 Å². The second-order valence-electron chi connectivity index (χ2n) is 5.37. The van der Waals surface area contributed by atoms with E-state index in [-0.39, 0.29) is 5.56 Å². The van der Waals surface area contributed by atoms with E-state index >= 15 is 0 Å². The number of rotatable bonds is 2. The van der Waals surface area contributed by atoms with Crippen LogP contribution in [-0.4, -0.2) is 5.11 Å². The Kier molecular flexibility index (Phi) is 3.49. The number of alkyl halides is 3. The number of aliphatic hydroxyl groups is 1. The van der Waals surface area contributed by atoms with Crippen LogP contribution in [0.25, 0.3) is 0 Å². The predicted octanol–water partition coefficient (Wildman–Crippen LogP) is 4.28. The van der Waals surface area contributed by atoms with Gasteiger partial charge in [-0.3, -0.25) is 0 Å². The van der Waals surface area contributed by atoms with E-state index in [1.165, 1.54) is 23.8 Å². The molecule has 0 aliphatic heterocycles. The first-order valence-electron chi connectivity index (χ1n) is 6.92. The molecular formula is C17H15F3O. The maximum absolute atomic E-state index is 13.0. The van der Waals surface area contributed by atoms with Gasteiger partial charge in [-0.25, -0.2) is 0 Å². The van der Waals surface area contributed by atoms with Gasteiger partial charge in [-0.2, -0.15) is 13.2 Å². The normalized spacial score (nSPS) is 15.8. The summed E-state index contributed by atoms with van der Waals surface area (Å²) < 4.78 is 39.1. The average Bonchev–Trinajstić information content (AvgIpc) is 2.93. The molecule has 1 aliphatic carbocycles. The zero-order valence-electron chi connectivity index (χ0n) is 11.3. The number of hydrogen-bond donors (Lipinski definition) is 1. The van der Waals surface area contributed by atoms with E-state index in [0.29, 0.717) is 5.56 Å². The van der Waals surface area contributed by atoms with Crippen molar-refractivity contribution in [2.75, 3.05) is 0 Å². The summed E-state index contributed by atoms with van der Waals surface area (Å²) in [5.74, 6) is 0. The minimum absolute atomic E-state index is 0.0945. The lowest BCUT2D eigenvalue weighted by molar-refractivity contribution is -0.139. The first-order chi connectivity index (χ1) is 9.97. The standard InChI is InChI=1S/C17H15F3O/c18-17(19,20)15-7-2-1-6-14(15)16(21)13-9-8-11-4-3-5-12(11)10-13/h1-2,6-10,16,21H,3-5H2. The Labute approximate surface area is 121 Å². The van der Waals surface area contributed by atoms with Crippen LogP contribution in [0.1, 0.15) is 40.3 Å². The van der Waals surface area contributed by atoms with E-state index in [9.17, 15) is 18.3 Å². The van der Waals surface area contributed by atoms with E-state index < -0.39 is 17.8 Å². The smallest absolute Gasteiger partial charge is 0.384 e. The molecular weight excluding hydrogens is 277 g/mol. The Morgan fingerprint density at radius 2 is 1.67 bits per heavy atom. The van der Waals surface area contributed by atoms with Crippen LogP contribution in [0.15, 0.2) is 42.5 Å². The van der Waals surface area contributed by atoms with Gasteiger partial charge in [0, 0.05) is 0 Å². The van der Waals surface area contributed by atoms with Gasteiger partial charge in [0.05, 0.1) is 5.56 Å². The number of benzene rings is 2. The van der Waals surface area contributed by atoms with E-state index in [2.05, 4.69) is 0 Å². The summed E-state index contributed by atoms with van der Waals surface area (Å²) in [7, 11) is 0. The van der Waals surface area contributed by atoms with Crippen LogP contribution in [0.3, 0.4) is 0 Å². The van der Waals surface area contributed by atoms with E-state index in [0.717, 1.165) is 30.9 Å². The Hall–Kier alpha value is -1.81. The second-order valence-corrected chi connectivity index (χ2v) is 5.37. The number of hydrogen-bond acceptors (Lipinski definition) is 1. The maximum atomic E-state index is 13.0. The Morgan fingerprint density at radius 3 is 2.43 bits per heavy atom. The minimum atomic E-state index is -4.46. The molecule has 1 nitrogen and oxygen atoms in total. The Morgan fingerprint density at radius 1 is 0.952 bits per heavy atom. The van der Waals surface area contributed by atoms with Crippen molar-refractivity contribution in [1.82, 2.24) is 0 Å². The van der Waals surface area contributed by atoms with Crippen molar-refractivity contribution >= 4 is 0 Å². The van der Waals surface area contributed by atoms with Crippen LogP contribution in [0.2, 0.25) is 0 Å². The fourth-order valence-electron chi connectivity index (χ4n) is 2.93.